The molecule has 0 saturated heterocycles. The van der Waals surface area contributed by atoms with Crippen molar-refractivity contribution in [1.29, 1.82) is 0 Å². The van der Waals surface area contributed by atoms with Crippen LogP contribution < -0.4 is 5.73 Å². The number of hydrogen-bond acceptors (Lipinski definition) is 3. The monoisotopic (exact) mass is 257 g/mol. The quantitative estimate of drug-likeness (QED) is 0.437. The van der Waals surface area contributed by atoms with Crippen molar-refractivity contribution in [2.75, 3.05) is 5.73 Å². The van der Waals surface area contributed by atoms with E-state index in [2.05, 4.69) is 12.1 Å². The topological polar surface area (TPSA) is 66.5 Å². The van der Waals surface area contributed by atoms with Crippen LogP contribution in [0.4, 0.5) is 5.69 Å². The van der Waals surface area contributed by atoms with Gasteiger partial charge in [-0.2, -0.15) is 0 Å². The molecule has 0 amide bonds. The standard InChI is InChI=1S/C16H19NO2/c17-14-8-5-12(6-9-14)3-1-2-4-13-7-10-15(18)16(19)11-13/h5-11,18-19H,1-4,17H2. The number of unbranched alkanes of at least 4 members (excludes halogenated alkanes) is 1. The summed E-state index contributed by atoms with van der Waals surface area (Å²) in [5.41, 5.74) is 8.78. The van der Waals surface area contributed by atoms with Gasteiger partial charge in [-0.3, -0.25) is 0 Å². The Kier molecular flexibility index (Phi) is 4.29. The first kappa shape index (κ1) is 13.3. The Morgan fingerprint density at radius 1 is 0.737 bits per heavy atom. The Bertz CT molecular complexity index is 535. The van der Waals surface area contributed by atoms with Crippen LogP contribution in [0.3, 0.4) is 0 Å². The summed E-state index contributed by atoms with van der Waals surface area (Å²) in [4.78, 5) is 0. The lowest BCUT2D eigenvalue weighted by Gasteiger charge is -2.04. The van der Waals surface area contributed by atoms with E-state index >= 15 is 0 Å². The molecule has 0 radical (unpaired) electrons. The molecule has 0 atom stereocenters. The zero-order valence-corrected chi connectivity index (χ0v) is 10.8. The van der Waals surface area contributed by atoms with Crippen molar-refractivity contribution < 1.29 is 10.2 Å². The molecule has 19 heavy (non-hydrogen) atoms. The SMILES string of the molecule is Nc1ccc(CCCCc2ccc(O)c(O)c2)cc1. The fraction of sp³-hybridized carbons (Fsp3) is 0.250. The molecule has 0 unspecified atom stereocenters. The summed E-state index contributed by atoms with van der Waals surface area (Å²) >= 11 is 0. The summed E-state index contributed by atoms with van der Waals surface area (Å²) in [5, 5.41) is 18.6. The van der Waals surface area contributed by atoms with Crippen LogP contribution in [0.2, 0.25) is 0 Å². The van der Waals surface area contributed by atoms with Gasteiger partial charge in [0.15, 0.2) is 11.5 Å². The maximum absolute atomic E-state index is 9.40. The van der Waals surface area contributed by atoms with E-state index in [9.17, 15) is 10.2 Å². The summed E-state index contributed by atoms with van der Waals surface area (Å²) < 4.78 is 0. The molecule has 0 spiro atoms. The fourth-order valence-corrected chi connectivity index (χ4v) is 2.07. The van der Waals surface area contributed by atoms with Gasteiger partial charge in [-0.1, -0.05) is 18.2 Å². The van der Waals surface area contributed by atoms with E-state index in [-0.39, 0.29) is 11.5 Å². The lowest BCUT2D eigenvalue weighted by atomic mass is 10.0. The molecule has 0 saturated carbocycles. The van der Waals surface area contributed by atoms with Gasteiger partial charge < -0.3 is 15.9 Å². The van der Waals surface area contributed by atoms with Crippen molar-refractivity contribution in [2.24, 2.45) is 0 Å². The average molecular weight is 257 g/mol. The summed E-state index contributed by atoms with van der Waals surface area (Å²) in [6.07, 6.45) is 4.08. The highest BCUT2D eigenvalue weighted by Gasteiger charge is 2.01. The average Bonchev–Trinajstić information content (AvgIpc) is 2.41. The molecule has 3 heteroatoms. The van der Waals surface area contributed by atoms with Crippen LogP contribution in [0.1, 0.15) is 24.0 Å². The van der Waals surface area contributed by atoms with E-state index in [1.807, 2.05) is 18.2 Å². The normalized spacial score (nSPS) is 10.5. The van der Waals surface area contributed by atoms with E-state index in [1.165, 1.54) is 11.6 Å². The Balaban J connectivity index is 1.77. The summed E-state index contributed by atoms with van der Waals surface area (Å²) in [7, 11) is 0. The zero-order valence-electron chi connectivity index (χ0n) is 10.8. The molecule has 0 aliphatic carbocycles. The minimum absolute atomic E-state index is 0.0453. The molecule has 2 aromatic rings. The molecule has 3 nitrogen and oxygen atoms in total. The molecule has 0 aromatic heterocycles. The first-order chi connectivity index (χ1) is 9.15. The number of nitrogens with two attached hydrogens (primary N) is 1. The van der Waals surface area contributed by atoms with Crippen molar-refractivity contribution in [1.82, 2.24) is 0 Å². The molecule has 0 heterocycles. The van der Waals surface area contributed by atoms with Crippen LogP contribution in [0.5, 0.6) is 11.5 Å². The Morgan fingerprint density at radius 3 is 1.95 bits per heavy atom. The highest BCUT2D eigenvalue weighted by Crippen LogP contribution is 2.25. The van der Waals surface area contributed by atoms with E-state index in [1.54, 1.807) is 6.07 Å². The van der Waals surface area contributed by atoms with E-state index in [4.69, 9.17) is 5.73 Å². The lowest BCUT2D eigenvalue weighted by molar-refractivity contribution is 0.403. The molecule has 2 rings (SSSR count). The second kappa shape index (κ2) is 6.14. The minimum atomic E-state index is -0.0642. The van der Waals surface area contributed by atoms with E-state index in [0.29, 0.717) is 0 Å². The number of aryl methyl sites for hydroxylation is 2. The number of phenolic OH excluding ortho intramolecular Hbond substituents is 2. The smallest absolute Gasteiger partial charge is 0.157 e. The number of rotatable bonds is 5. The van der Waals surface area contributed by atoms with Gasteiger partial charge in [-0.25, -0.2) is 0 Å². The summed E-state index contributed by atoms with van der Waals surface area (Å²) in [5.74, 6) is -0.110. The third kappa shape index (κ3) is 3.91. The fourth-order valence-electron chi connectivity index (χ4n) is 2.07. The summed E-state index contributed by atoms with van der Waals surface area (Å²) in [6.45, 7) is 0. The van der Waals surface area contributed by atoms with Crippen molar-refractivity contribution in [3.8, 4) is 11.5 Å². The van der Waals surface area contributed by atoms with E-state index < -0.39 is 0 Å². The number of phenols is 2. The molecular weight excluding hydrogens is 238 g/mol. The molecule has 0 aliphatic heterocycles. The molecule has 0 fully saturated rings. The molecule has 2 aromatic carbocycles. The minimum Gasteiger partial charge on any atom is -0.504 e. The highest BCUT2D eigenvalue weighted by molar-refractivity contribution is 5.40. The first-order valence-corrected chi connectivity index (χ1v) is 6.50. The third-order valence-electron chi connectivity index (χ3n) is 3.20. The van der Waals surface area contributed by atoms with Crippen LogP contribution in [-0.4, -0.2) is 10.2 Å². The van der Waals surface area contributed by atoms with Crippen LogP contribution in [-0.2, 0) is 12.8 Å². The van der Waals surface area contributed by atoms with Gasteiger partial charge in [0.25, 0.3) is 0 Å². The number of anilines is 1. The van der Waals surface area contributed by atoms with Gasteiger partial charge in [0.2, 0.25) is 0 Å². The molecule has 100 valence electrons. The van der Waals surface area contributed by atoms with Gasteiger partial charge in [0.05, 0.1) is 0 Å². The van der Waals surface area contributed by atoms with Crippen molar-refractivity contribution >= 4 is 5.69 Å². The first-order valence-electron chi connectivity index (χ1n) is 6.50. The van der Waals surface area contributed by atoms with Crippen LogP contribution in [0.25, 0.3) is 0 Å². The number of nitrogen functional groups attached to an aromatic ring is 1. The Morgan fingerprint density at radius 2 is 1.32 bits per heavy atom. The van der Waals surface area contributed by atoms with Crippen LogP contribution in [0, 0.1) is 0 Å². The molecular formula is C16H19NO2. The largest absolute Gasteiger partial charge is 0.504 e. The maximum Gasteiger partial charge on any atom is 0.157 e. The number of hydrogen-bond donors (Lipinski definition) is 3. The van der Waals surface area contributed by atoms with Crippen LogP contribution >= 0.6 is 0 Å². The van der Waals surface area contributed by atoms with Crippen LogP contribution in [0.15, 0.2) is 42.5 Å². The van der Waals surface area contributed by atoms with Crippen molar-refractivity contribution in [2.45, 2.75) is 25.7 Å². The Hall–Kier alpha value is -2.16. The van der Waals surface area contributed by atoms with E-state index in [0.717, 1.165) is 36.9 Å². The predicted octanol–water partition coefficient (Wildman–Crippen LogP) is 3.25. The summed E-state index contributed by atoms with van der Waals surface area (Å²) in [6, 6.07) is 13.0. The molecule has 0 aliphatic rings. The molecule has 0 bridgehead atoms. The number of benzene rings is 2. The second-order valence-electron chi connectivity index (χ2n) is 4.77. The maximum atomic E-state index is 9.40. The van der Waals surface area contributed by atoms with Gasteiger partial charge in [0, 0.05) is 5.69 Å². The second-order valence-corrected chi connectivity index (χ2v) is 4.77. The number of aromatic hydroxyl groups is 2. The van der Waals surface area contributed by atoms with Crippen molar-refractivity contribution in [3.63, 3.8) is 0 Å². The third-order valence-corrected chi connectivity index (χ3v) is 3.20. The molecule has 4 N–H and O–H groups in total. The van der Waals surface area contributed by atoms with Crippen molar-refractivity contribution in [3.05, 3.63) is 53.6 Å². The van der Waals surface area contributed by atoms with Gasteiger partial charge in [0.1, 0.15) is 0 Å². The Labute approximate surface area is 113 Å². The lowest BCUT2D eigenvalue weighted by Crippen LogP contribution is -1.90. The predicted molar refractivity (Wildman–Crippen MR) is 77.3 cm³/mol. The van der Waals surface area contributed by atoms with Gasteiger partial charge >= 0.3 is 0 Å². The van der Waals surface area contributed by atoms with Gasteiger partial charge in [-0.15, -0.1) is 0 Å². The zero-order chi connectivity index (χ0) is 13.7. The van der Waals surface area contributed by atoms with Gasteiger partial charge in [-0.05, 0) is 61.1 Å². The highest BCUT2D eigenvalue weighted by atomic mass is 16.3.